The molecule has 0 radical (unpaired) electrons. The molecule has 3 rings (SSSR count). The first-order chi connectivity index (χ1) is 15.0. The van der Waals surface area contributed by atoms with Crippen molar-refractivity contribution in [3.05, 3.63) is 65.6 Å². The van der Waals surface area contributed by atoms with Gasteiger partial charge >= 0.3 is 6.18 Å². The van der Waals surface area contributed by atoms with Crippen molar-refractivity contribution in [1.29, 1.82) is 0 Å². The van der Waals surface area contributed by atoms with E-state index in [1.807, 2.05) is 0 Å². The van der Waals surface area contributed by atoms with E-state index in [4.69, 9.17) is 9.47 Å². The Morgan fingerprint density at radius 1 is 1.16 bits per heavy atom. The van der Waals surface area contributed by atoms with Gasteiger partial charge in [-0.2, -0.15) is 18.3 Å². The zero-order valence-electron chi connectivity index (χ0n) is 16.8. The maximum Gasteiger partial charge on any atom is 0.416 e. The number of rotatable bonds is 7. The van der Waals surface area contributed by atoms with E-state index in [1.165, 1.54) is 19.2 Å². The SMILES string of the molecule is COc1ccc(C(F)(F)F)cc1S(=O)(=O)NC(=O)c1ccc(Cn2cccn2)c(OC)n1. The predicted molar refractivity (Wildman–Crippen MR) is 105 cm³/mol. The fourth-order valence-electron chi connectivity index (χ4n) is 2.75. The molecule has 1 aromatic carbocycles. The Hall–Kier alpha value is -3.61. The van der Waals surface area contributed by atoms with Crippen LogP contribution in [0.5, 0.6) is 11.6 Å². The lowest BCUT2D eigenvalue weighted by Gasteiger charge is -2.14. The van der Waals surface area contributed by atoms with Crippen LogP contribution < -0.4 is 14.2 Å². The van der Waals surface area contributed by atoms with E-state index in [1.54, 1.807) is 27.9 Å². The highest BCUT2D eigenvalue weighted by Gasteiger charge is 2.34. The summed E-state index contributed by atoms with van der Waals surface area (Å²) in [4.78, 5) is 15.7. The highest BCUT2D eigenvalue weighted by molar-refractivity contribution is 7.90. The van der Waals surface area contributed by atoms with Crippen LogP contribution in [-0.4, -0.2) is 43.3 Å². The highest BCUT2D eigenvalue weighted by Crippen LogP contribution is 2.34. The molecule has 0 bridgehead atoms. The molecule has 2 heterocycles. The van der Waals surface area contributed by atoms with E-state index in [-0.39, 0.29) is 23.9 Å². The number of benzene rings is 1. The summed E-state index contributed by atoms with van der Waals surface area (Å²) in [5, 5.41) is 4.05. The number of pyridine rings is 1. The van der Waals surface area contributed by atoms with Crippen LogP contribution in [0.15, 0.2) is 53.7 Å². The number of sulfonamides is 1. The first-order valence-electron chi connectivity index (χ1n) is 8.89. The van der Waals surface area contributed by atoms with E-state index < -0.39 is 32.6 Å². The van der Waals surface area contributed by atoms with Crippen LogP contribution in [0.1, 0.15) is 21.6 Å². The van der Waals surface area contributed by atoms with Gasteiger partial charge in [-0.05, 0) is 36.4 Å². The molecular formula is C19H17F3N4O5S. The number of aromatic nitrogens is 3. The zero-order valence-corrected chi connectivity index (χ0v) is 17.6. The van der Waals surface area contributed by atoms with Gasteiger partial charge in [0.2, 0.25) is 5.88 Å². The van der Waals surface area contributed by atoms with Crippen LogP contribution in [0.25, 0.3) is 0 Å². The Balaban J connectivity index is 1.89. The lowest BCUT2D eigenvalue weighted by molar-refractivity contribution is -0.137. The lowest BCUT2D eigenvalue weighted by atomic mass is 10.2. The molecule has 1 amide bonds. The zero-order chi connectivity index (χ0) is 23.5. The third kappa shape index (κ3) is 4.99. The van der Waals surface area contributed by atoms with Gasteiger partial charge in [0, 0.05) is 18.0 Å². The number of amides is 1. The second-order valence-corrected chi connectivity index (χ2v) is 8.02. The van der Waals surface area contributed by atoms with Crippen molar-refractivity contribution in [2.24, 2.45) is 0 Å². The molecule has 0 aliphatic carbocycles. The molecule has 0 fully saturated rings. The number of carbonyl (C=O) groups excluding carboxylic acids is 1. The fraction of sp³-hybridized carbons (Fsp3) is 0.211. The Kier molecular flexibility index (Phi) is 6.39. The van der Waals surface area contributed by atoms with Crippen molar-refractivity contribution in [1.82, 2.24) is 19.5 Å². The number of halogens is 3. The van der Waals surface area contributed by atoms with Crippen molar-refractivity contribution in [2.75, 3.05) is 14.2 Å². The van der Waals surface area contributed by atoms with E-state index in [0.29, 0.717) is 17.7 Å². The molecule has 0 spiro atoms. The van der Waals surface area contributed by atoms with Crippen LogP contribution >= 0.6 is 0 Å². The topological polar surface area (TPSA) is 112 Å². The quantitative estimate of drug-likeness (QED) is 0.565. The minimum Gasteiger partial charge on any atom is -0.495 e. The molecule has 0 aliphatic rings. The van der Waals surface area contributed by atoms with Crippen molar-refractivity contribution in [3.8, 4) is 11.6 Å². The normalized spacial score (nSPS) is 11.8. The number of hydrogen-bond donors (Lipinski definition) is 1. The summed E-state index contributed by atoms with van der Waals surface area (Å²) >= 11 is 0. The molecule has 3 aromatic rings. The van der Waals surface area contributed by atoms with Gasteiger partial charge in [-0.25, -0.2) is 18.1 Å². The molecule has 0 aliphatic heterocycles. The fourth-order valence-corrected chi connectivity index (χ4v) is 3.91. The molecule has 9 nitrogen and oxygen atoms in total. The van der Waals surface area contributed by atoms with Gasteiger partial charge in [0.25, 0.3) is 15.9 Å². The van der Waals surface area contributed by atoms with Gasteiger partial charge in [0.1, 0.15) is 16.3 Å². The summed E-state index contributed by atoms with van der Waals surface area (Å²) in [6.45, 7) is 0.283. The monoisotopic (exact) mass is 470 g/mol. The van der Waals surface area contributed by atoms with Crippen LogP contribution in [0, 0.1) is 0 Å². The van der Waals surface area contributed by atoms with Gasteiger partial charge in [-0.3, -0.25) is 9.48 Å². The lowest BCUT2D eigenvalue weighted by Crippen LogP contribution is -2.31. The Labute approximate surface area is 180 Å². The van der Waals surface area contributed by atoms with Gasteiger partial charge in [-0.1, -0.05) is 0 Å². The largest absolute Gasteiger partial charge is 0.495 e. The van der Waals surface area contributed by atoms with E-state index in [9.17, 15) is 26.4 Å². The summed E-state index contributed by atoms with van der Waals surface area (Å²) in [5.41, 5.74) is -0.968. The Morgan fingerprint density at radius 3 is 2.50 bits per heavy atom. The van der Waals surface area contributed by atoms with Crippen molar-refractivity contribution in [3.63, 3.8) is 0 Å². The second kappa shape index (κ2) is 8.86. The summed E-state index contributed by atoms with van der Waals surface area (Å²) in [6, 6.07) is 6.39. The Morgan fingerprint density at radius 2 is 1.91 bits per heavy atom. The molecule has 0 saturated carbocycles. The summed E-state index contributed by atoms with van der Waals surface area (Å²) < 4.78 is 77.7. The minimum atomic E-state index is -4.79. The molecule has 0 atom stereocenters. The summed E-state index contributed by atoms with van der Waals surface area (Å²) in [5.74, 6) is -1.46. The van der Waals surface area contributed by atoms with Crippen LogP contribution in [0.3, 0.4) is 0 Å². The van der Waals surface area contributed by atoms with Gasteiger partial charge in [0.05, 0.1) is 26.3 Å². The van der Waals surface area contributed by atoms with E-state index in [0.717, 1.165) is 13.2 Å². The third-order valence-electron chi connectivity index (χ3n) is 4.26. The van der Waals surface area contributed by atoms with E-state index >= 15 is 0 Å². The predicted octanol–water partition coefficient (Wildman–Crippen LogP) is 2.48. The second-order valence-electron chi connectivity index (χ2n) is 6.37. The average Bonchev–Trinajstić information content (AvgIpc) is 3.25. The molecule has 170 valence electrons. The molecule has 0 unspecified atom stereocenters. The van der Waals surface area contributed by atoms with Crippen molar-refractivity contribution < 1.29 is 35.9 Å². The molecule has 13 heteroatoms. The van der Waals surface area contributed by atoms with Gasteiger partial charge in [0.15, 0.2) is 0 Å². The molecule has 1 N–H and O–H groups in total. The average molecular weight is 470 g/mol. The van der Waals surface area contributed by atoms with Gasteiger partial charge < -0.3 is 9.47 Å². The van der Waals surface area contributed by atoms with Crippen molar-refractivity contribution in [2.45, 2.75) is 17.6 Å². The molecule has 32 heavy (non-hydrogen) atoms. The number of nitrogens with one attached hydrogen (secondary N) is 1. The smallest absolute Gasteiger partial charge is 0.416 e. The van der Waals surface area contributed by atoms with E-state index in [2.05, 4.69) is 10.1 Å². The van der Waals surface area contributed by atoms with Gasteiger partial charge in [-0.15, -0.1) is 0 Å². The first kappa shape index (κ1) is 23.1. The van der Waals surface area contributed by atoms with Crippen LogP contribution in [0.2, 0.25) is 0 Å². The number of nitrogens with zero attached hydrogens (tertiary/aromatic N) is 3. The van der Waals surface area contributed by atoms with Crippen LogP contribution in [0.4, 0.5) is 13.2 Å². The molecule has 0 saturated heterocycles. The number of ether oxygens (including phenoxy) is 2. The minimum absolute atomic E-state index is 0.0576. The van der Waals surface area contributed by atoms with Crippen LogP contribution in [-0.2, 0) is 22.7 Å². The summed E-state index contributed by atoms with van der Waals surface area (Å²) in [6.07, 6.45) is -1.51. The Bertz CT molecular complexity index is 1230. The third-order valence-corrected chi connectivity index (χ3v) is 5.62. The standard InChI is InChI=1S/C19H17F3N4O5S/c1-30-15-7-5-13(19(20,21)22)10-16(15)32(28,29)25-17(27)14-6-4-12(18(24-14)31-2)11-26-9-3-8-23-26/h3-10H,11H2,1-2H3,(H,25,27). The van der Waals surface area contributed by atoms with Crippen molar-refractivity contribution >= 4 is 15.9 Å². The molecular weight excluding hydrogens is 453 g/mol. The number of carbonyl (C=O) groups is 1. The summed E-state index contributed by atoms with van der Waals surface area (Å²) in [7, 11) is -2.31. The molecule has 2 aromatic heterocycles. The maximum absolute atomic E-state index is 13.0. The number of alkyl halides is 3. The maximum atomic E-state index is 13.0. The number of methoxy groups -OCH3 is 2. The first-order valence-corrected chi connectivity index (χ1v) is 10.4. The highest BCUT2D eigenvalue weighted by atomic mass is 32.2. The number of hydrogen-bond acceptors (Lipinski definition) is 7.